The number of hydrogen-bond acceptors (Lipinski definition) is 4. The maximum atomic E-state index is 11.7. The van der Waals surface area contributed by atoms with Crippen LogP contribution in [0.4, 0.5) is 4.79 Å². The van der Waals surface area contributed by atoms with Crippen LogP contribution in [0.25, 0.3) is 0 Å². The molecule has 0 aromatic carbocycles. The van der Waals surface area contributed by atoms with Crippen LogP contribution >= 0.6 is 23.1 Å². The Balaban J connectivity index is 2.43. The van der Waals surface area contributed by atoms with Crippen molar-refractivity contribution in [3.8, 4) is 0 Å². The summed E-state index contributed by atoms with van der Waals surface area (Å²) >= 11 is 3.19. The summed E-state index contributed by atoms with van der Waals surface area (Å²) in [6.07, 6.45) is 2.32. The van der Waals surface area contributed by atoms with Crippen LogP contribution in [0.2, 0.25) is 0 Å². The zero-order chi connectivity index (χ0) is 15.1. The van der Waals surface area contributed by atoms with Gasteiger partial charge in [0.05, 0.1) is 6.54 Å². The largest absolute Gasteiger partial charge is 0.480 e. The molecule has 2 amide bonds. The van der Waals surface area contributed by atoms with E-state index in [9.17, 15) is 9.59 Å². The van der Waals surface area contributed by atoms with Crippen LogP contribution in [0.3, 0.4) is 0 Å². The van der Waals surface area contributed by atoms with Crippen LogP contribution in [-0.4, -0.2) is 35.2 Å². The maximum absolute atomic E-state index is 11.7. The lowest BCUT2D eigenvalue weighted by molar-refractivity contribution is -0.139. The molecule has 0 fully saturated rings. The van der Waals surface area contributed by atoms with Gasteiger partial charge < -0.3 is 15.7 Å². The molecular formula is C13H20N2O3S2. The predicted molar refractivity (Wildman–Crippen MR) is 83.6 cm³/mol. The van der Waals surface area contributed by atoms with Crippen molar-refractivity contribution in [1.82, 2.24) is 10.6 Å². The first-order valence-electron chi connectivity index (χ1n) is 6.26. The van der Waals surface area contributed by atoms with Gasteiger partial charge in [-0.15, -0.1) is 11.3 Å². The molecule has 1 rings (SSSR count). The van der Waals surface area contributed by atoms with E-state index in [0.717, 1.165) is 4.88 Å². The maximum Gasteiger partial charge on any atom is 0.326 e. The van der Waals surface area contributed by atoms with Crippen LogP contribution in [0.5, 0.6) is 0 Å². The lowest BCUT2D eigenvalue weighted by atomic mass is 10.2. The molecule has 1 aromatic heterocycles. The zero-order valence-corrected chi connectivity index (χ0v) is 13.5. The van der Waals surface area contributed by atoms with E-state index in [1.165, 1.54) is 10.4 Å². The van der Waals surface area contributed by atoms with Crippen molar-refractivity contribution in [2.24, 2.45) is 0 Å². The molecule has 20 heavy (non-hydrogen) atoms. The molecule has 0 aliphatic rings. The van der Waals surface area contributed by atoms with Crippen molar-refractivity contribution in [1.29, 1.82) is 0 Å². The number of nitrogens with one attached hydrogen (secondary N) is 2. The average molecular weight is 316 g/mol. The number of thioether (sulfide) groups is 1. The summed E-state index contributed by atoms with van der Waals surface area (Å²) < 4.78 is 0. The summed E-state index contributed by atoms with van der Waals surface area (Å²) in [5, 5.41) is 14.2. The molecule has 5 nitrogen and oxygen atoms in total. The van der Waals surface area contributed by atoms with Gasteiger partial charge in [0.15, 0.2) is 0 Å². The van der Waals surface area contributed by atoms with Gasteiger partial charge in [0.25, 0.3) is 0 Å². The van der Waals surface area contributed by atoms with E-state index in [1.807, 2.05) is 26.2 Å². The molecule has 1 aromatic rings. The average Bonchev–Trinajstić information content (AvgIpc) is 2.71. The second kappa shape index (κ2) is 8.16. The van der Waals surface area contributed by atoms with E-state index < -0.39 is 18.0 Å². The van der Waals surface area contributed by atoms with Crippen LogP contribution in [0.15, 0.2) is 6.07 Å². The fraction of sp³-hybridized carbons (Fsp3) is 0.538. The number of carbonyl (C=O) groups is 2. The Hall–Kier alpha value is -1.21. The van der Waals surface area contributed by atoms with Crippen molar-refractivity contribution < 1.29 is 14.7 Å². The Kier molecular flexibility index (Phi) is 6.87. The highest BCUT2D eigenvalue weighted by Gasteiger charge is 2.19. The minimum Gasteiger partial charge on any atom is -0.480 e. The minimum absolute atomic E-state index is 0.417. The van der Waals surface area contributed by atoms with Crippen molar-refractivity contribution in [2.75, 3.05) is 12.0 Å². The number of carbonyl (C=O) groups excluding carboxylic acids is 1. The molecule has 0 aliphatic heterocycles. The first kappa shape index (κ1) is 16.8. The Morgan fingerprint density at radius 3 is 2.65 bits per heavy atom. The molecule has 0 bridgehead atoms. The predicted octanol–water partition coefficient (Wildman–Crippen LogP) is 2.37. The smallest absolute Gasteiger partial charge is 0.326 e. The Morgan fingerprint density at radius 1 is 1.45 bits per heavy atom. The third-order valence-corrected chi connectivity index (χ3v) is 4.65. The second-order valence-corrected chi connectivity index (χ2v) is 6.78. The molecular weight excluding hydrogens is 296 g/mol. The highest BCUT2D eigenvalue weighted by atomic mass is 32.2. The van der Waals surface area contributed by atoms with Crippen molar-refractivity contribution >= 4 is 35.1 Å². The highest BCUT2D eigenvalue weighted by Crippen LogP contribution is 2.20. The lowest BCUT2D eigenvalue weighted by Crippen LogP contribution is -2.46. The number of urea groups is 1. The van der Waals surface area contributed by atoms with Gasteiger partial charge in [-0.05, 0) is 43.9 Å². The minimum atomic E-state index is -1.00. The summed E-state index contributed by atoms with van der Waals surface area (Å²) in [7, 11) is 0. The van der Waals surface area contributed by atoms with E-state index in [2.05, 4.69) is 10.6 Å². The number of aliphatic carboxylic acids is 1. The van der Waals surface area contributed by atoms with Crippen molar-refractivity contribution in [3.05, 3.63) is 21.4 Å². The van der Waals surface area contributed by atoms with Gasteiger partial charge in [-0.3, -0.25) is 0 Å². The van der Waals surface area contributed by atoms with E-state index in [4.69, 9.17) is 5.11 Å². The molecule has 1 heterocycles. The first-order chi connectivity index (χ1) is 9.43. The van der Waals surface area contributed by atoms with Crippen molar-refractivity contribution in [3.63, 3.8) is 0 Å². The van der Waals surface area contributed by atoms with Gasteiger partial charge in [0.2, 0.25) is 0 Å². The standard InChI is InChI=1S/C13H20N2O3S2/c1-8-6-10(20-9(8)2)7-14-13(18)15-11(12(16)17)4-5-19-3/h6,11H,4-5,7H2,1-3H3,(H,16,17)(H2,14,15,18). The third-order valence-electron chi connectivity index (χ3n) is 2.85. The Bertz CT molecular complexity index is 455. The summed E-state index contributed by atoms with van der Waals surface area (Å²) in [5.74, 6) is -0.308. The van der Waals surface area contributed by atoms with Crippen LogP contribution in [-0.2, 0) is 11.3 Å². The summed E-state index contributed by atoms with van der Waals surface area (Å²) in [5.41, 5.74) is 1.20. The monoisotopic (exact) mass is 316 g/mol. The van der Waals surface area contributed by atoms with E-state index in [0.29, 0.717) is 18.7 Å². The molecule has 0 radical (unpaired) electrons. The van der Waals surface area contributed by atoms with E-state index >= 15 is 0 Å². The number of carboxylic acid groups (broad SMARTS) is 1. The Morgan fingerprint density at radius 2 is 2.15 bits per heavy atom. The fourth-order valence-corrected chi connectivity index (χ4v) is 3.07. The van der Waals surface area contributed by atoms with Crippen molar-refractivity contribution in [2.45, 2.75) is 32.9 Å². The van der Waals surface area contributed by atoms with E-state index in [-0.39, 0.29) is 0 Å². The summed E-state index contributed by atoms with van der Waals surface area (Å²) in [4.78, 5) is 25.0. The molecule has 112 valence electrons. The summed E-state index contributed by atoms with van der Waals surface area (Å²) in [6.45, 7) is 4.48. The quantitative estimate of drug-likeness (QED) is 0.721. The molecule has 1 atom stereocenters. The van der Waals surface area contributed by atoms with Gasteiger partial charge in [-0.2, -0.15) is 11.8 Å². The lowest BCUT2D eigenvalue weighted by Gasteiger charge is -2.14. The normalized spacial score (nSPS) is 11.9. The summed E-state index contributed by atoms with van der Waals surface area (Å²) in [6, 6.07) is 0.749. The molecule has 7 heteroatoms. The second-order valence-electron chi connectivity index (χ2n) is 4.45. The third kappa shape index (κ3) is 5.42. The van der Waals surface area contributed by atoms with Crippen LogP contribution in [0.1, 0.15) is 21.7 Å². The van der Waals surface area contributed by atoms with Gasteiger partial charge in [0, 0.05) is 9.75 Å². The number of carboxylic acids is 1. The van der Waals surface area contributed by atoms with Crippen LogP contribution < -0.4 is 10.6 Å². The molecule has 3 N–H and O–H groups in total. The number of aryl methyl sites for hydroxylation is 2. The first-order valence-corrected chi connectivity index (χ1v) is 8.47. The number of hydrogen-bond donors (Lipinski definition) is 3. The van der Waals surface area contributed by atoms with Gasteiger partial charge >= 0.3 is 12.0 Å². The SMILES string of the molecule is CSCCC(NC(=O)NCc1cc(C)c(C)s1)C(=O)O. The molecule has 0 saturated carbocycles. The van der Waals surface area contributed by atoms with Gasteiger partial charge in [-0.25, -0.2) is 9.59 Å². The number of amides is 2. The number of thiophene rings is 1. The topological polar surface area (TPSA) is 78.4 Å². The van der Waals surface area contributed by atoms with Crippen LogP contribution in [0, 0.1) is 13.8 Å². The van der Waals surface area contributed by atoms with E-state index in [1.54, 1.807) is 23.1 Å². The fourth-order valence-electron chi connectivity index (χ4n) is 1.61. The zero-order valence-electron chi connectivity index (χ0n) is 11.9. The van der Waals surface area contributed by atoms with Gasteiger partial charge in [-0.1, -0.05) is 0 Å². The molecule has 1 unspecified atom stereocenters. The highest BCUT2D eigenvalue weighted by molar-refractivity contribution is 7.98. The Labute approximate surface area is 127 Å². The molecule has 0 aliphatic carbocycles. The van der Waals surface area contributed by atoms with Gasteiger partial charge in [0.1, 0.15) is 6.04 Å². The number of rotatable bonds is 7. The molecule has 0 saturated heterocycles. The molecule has 0 spiro atoms.